The number of carbonyl (C=O) groups excluding carboxylic acids is 2. The number of aryl methyl sites for hydroxylation is 1. The van der Waals surface area contributed by atoms with Crippen molar-refractivity contribution in [3.05, 3.63) is 60.0 Å². The first-order valence-corrected chi connectivity index (χ1v) is 19.1. The van der Waals surface area contributed by atoms with Gasteiger partial charge in [0.2, 0.25) is 0 Å². The van der Waals surface area contributed by atoms with Crippen LogP contribution in [0.2, 0.25) is 25.7 Å². The molecular formula is C33H44N6O5Si. The second-order valence-electron chi connectivity index (χ2n) is 13.8. The van der Waals surface area contributed by atoms with Crippen LogP contribution in [0.4, 0.5) is 16.2 Å². The van der Waals surface area contributed by atoms with Crippen molar-refractivity contribution in [1.29, 1.82) is 0 Å². The van der Waals surface area contributed by atoms with Crippen LogP contribution in [-0.2, 0) is 20.9 Å². The molecule has 2 amide bonds. The minimum Gasteiger partial charge on any atom is -0.444 e. The Bertz CT molecular complexity index is 1680. The molecule has 4 heterocycles. The number of hydrogen-bond acceptors (Lipinski definition) is 7. The van der Waals surface area contributed by atoms with Crippen LogP contribution < -0.4 is 10.6 Å². The van der Waals surface area contributed by atoms with Crippen molar-refractivity contribution in [2.75, 3.05) is 30.5 Å². The SMILES string of the molecule is Cc1ccc(NC(=O)OC(C)(C)C)cc1NC(=O)c1cnc2c(c1)cc(-c1cnn(C3CCOC3)c1)n2COCC[Si](C)(C)C. The number of nitrogens with one attached hydrogen (secondary N) is 2. The molecule has 1 aromatic carbocycles. The van der Waals surface area contributed by atoms with E-state index in [1.807, 2.05) is 46.8 Å². The molecule has 1 fully saturated rings. The van der Waals surface area contributed by atoms with Crippen molar-refractivity contribution in [2.45, 2.75) is 78.2 Å². The molecule has 45 heavy (non-hydrogen) atoms. The van der Waals surface area contributed by atoms with Crippen LogP contribution in [-0.4, -0.2) is 64.8 Å². The average Bonchev–Trinajstić information content (AvgIpc) is 3.71. The van der Waals surface area contributed by atoms with Gasteiger partial charge in [-0.2, -0.15) is 5.10 Å². The van der Waals surface area contributed by atoms with E-state index >= 15 is 0 Å². The van der Waals surface area contributed by atoms with Crippen molar-refractivity contribution >= 4 is 42.5 Å². The molecule has 0 saturated carbocycles. The van der Waals surface area contributed by atoms with Crippen LogP contribution in [0, 0.1) is 6.92 Å². The lowest BCUT2D eigenvalue weighted by Gasteiger charge is -2.20. The Labute approximate surface area is 265 Å². The predicted molar refractivity (Wildman–Crippen MR) is 179 cm³/mol. The van der Waals surface area contributed by atoms with E-state index in [9.17, 15) is 9.59 Å². The van der Waals surface area contributed by atoms with E-state index in [1.165, 1.54) is 0 Å². The lowest BCUT2D eigenvalue weighted by atomic mass is 10.1. The van der Waals surface area contributed by atoms with Gasteiger partial charge < -0.3 is 24.1 Å². The zero-order valence-electron chi connectivity index (χ0n) is 27.3. The Hall–Kier alpha value is -4.00. The molecule has 4 aromatic rings. The molecule has 0 aliphatic carbocycles. The fourth-order valence-corrected chi connectivity index (χ4v) is 5.78. The summed E-state index contributed by atoms with van der Waals surface area (Å²) in [7, 11) is -1.25. The molecule has 11 nitrogen and oxygen atoms in total. The summed E-state index contributed by atoms with van der Waals surface area (Å²) in [4.78, 5) is 30.4. The first kappa shape index (κ1) is 32.4. The molecular weight excluding hydrogens is 588 g/mol. The van der Waals surface area contributed by atoms with Gasteiger partial charge in [0.25, 0.3) is 5.91 Å². The number of amides is 2. The lowest BCUT2D eigenvalue weighted by molar-refractivity contribution is 0.0635. The number of benzene rings is 1. The number of rotatable bonds is 10. The minimum absolute atomic E-state index is 0.222. The largest absolute Gasteiger partial charge is 0.444 e. The molecule has 5 rings (SSSR count). The second-order valence-corrected chi connectivity index (χ2v) is 19.4. The van der Waals surface area contributed by atoms with Gasteiger partial charge in [-0.05, 0) is 70.0 Å². The van der Waals surface area contributed by atoms with Gasteiger partial charge in [-0.1, -0.05) is 25.7 Å². The second kappa shape index (κ2) is 13.2. The van der Waals surface area contributed by atoms with E-state index in [0.717, 1.165) is 46.9 Å². The Balaban J connectivity index is 1.39. The highest BCUT2D eigenvalue weighted by Gasteiger charge is 2.22. The smallest absolute Gasteiger partial charge is 0.412 e. The topological polar surface area (TPSA) is 122 Å². The summed E-state index contributed by atoms with van der Waals surface area (Å²) < 4.78 is 21.1. The summed E-state index contributed by atoms with van der Waals surface area (Å²) >= 11 is 0. The molecule has 1 aliphatic rings. The number of pyridine rings is 1. The average molecular weight is 633 g/mol. The highest BCUT2D eigenvalue weighted by Crippen LogP contribution is 2.30. The normalized spacial score (nSPS) is 15.4. The van der Waals surface area contributed by atoms with Crippen LogP contribution in [0.25, 0.3) is 22.3 Å². The van der Waals surface area contributed by atoms with Gasteiger partial charge >= 0.3 is 6.09 Å². The van der Waals surface area contributed by atoms with Crippen LogP contribution in [0.1, 0.15) is 49.2 Å². The van der Waals surface area contributed by atoms with Crippen LogP contribution >= 0.6 is 0 Å². The van der Waals surface area contributed by atoms with Gasteiger partial charge in [-0.15, -0.1) is 0 Å². The van der Waals surface area contributed by atoms with Crippen molar-refractivity contribution in [3.63, 3.8) is 0 Å². The molecule has 1 aliphatic heterocycles. The molecule has 2 N–H and O–H groups in total. The standard InChI is InChI=1S/C33H44N6O5Si/c1-22-8-9-26(36-32(41)44-33(2,3)4)16-28(22)37-31(40)24-14-23-15-29(25-18-35-39(19-25)27-10-11-42-20-27)38(30(23)34-17-24)21-43-12-13-45(5,6)7/h8-9,14-19,27H,10-13,20-21H2,1-7H3,(H,36,41)(H,37,40). The van der Waals surface area contributed by atoms with Gasteiger partial charge in [-0.25, -0.2) is 9.78 Å². The minimum atomic E-state index is -1.25. The molecule has 240 valence electrons. The third kappa shape index (κ3) is 8.38. The number of fused-ring (bicyclic) bond motifs is 1. The lowest BCUT2D eigenvalue weighted by Crippen LogP contribution is -2.27. The molecule has 0 spiro atoms. The van der Waals surface area contributed by atoms with E-state index in [0.29, 0.717) is 36.9 Å². The quantitative estimate of drug-likeness (QED) is 0.142. The van der Waals surface area contributed by atoms with E-state index < -0.39 is 19.8 Å². The van der Waals surface area contributed by atoms with E-state index in [4.69, 9.17) is 19.2 Å². The summed E-state index contributed by atoms with van der Waals surface area (Å²) in [6.07, 6.45) is 5.85. The summed E-state index contributed by atoms with van der Waals surface area (Å²) in [6.45, 7) is 16.7. The van der Waals surface area contributed by atoms with Crippen molar-refractivity contribution in [3.8, 4) is 11.3 Å². The molecule has 3 aromatic heterocycles. The van der Waals surface area contributed by atoms with Gasteiger partial charge in [0, 0.05) is 56.0 Å². The third-order valence-corrected chi connectivity index (χ3v) is 9.23. The maximum atomic E-state index is 13.4. The van der Waals surface area contributed by atoms with Gasteiger partial charge in [-0.3, -0.25) is 14.8 Å². The predicted octanol–water partition coefficient (Wildman–Crippen LogP) is 7.08. The number of hydrogen-bond donors (Lipinski definition) is 2. The van der Waals surface area contributed by atoms with Gasteiger partial charge in [0.05, 0.1) is 30.1 Å². The highest BCUT2D eigenvalue weighted by atomic mass is 28.3. The number of anilines is 2. The maximum absolute atomic E-state index is 13.4. The monoisotopic (exact) mass is 632 g/mol. The van der Waals surface area contributed by atoms with Crippen LogP contribution in [0.3, 0.4) is 0 Å². The molecule has 1 saturated heterocycles. The molecule has 0 bridgehead atoms. The first-order valence-electron chi connectivity index (χ1n) is 15.4. The number of carbonyl (C=O) groups is 2. The Kier molecular flexibility index (Phi) is 9.47. The van der Waals surface area contributed by atoms with Crippen LogP contribution in [0.15, 0.2) is 48.9 Å². The zero-order chi connectivity index (χ0) is 32.4. The van der Waals surface area contributed by atoms with Crippen molar-refractivity contribution < 1.29 is 23.8 Å². The zero-order valence-corrected chi connectivity index (χ0v) is 28.3. The van der Waals surface area contributed by atoms with Gasteiger partial charge in [0.1, 0.15) is 18.0 Å². The molecule has 0 radical (unpaired) electrons. The summed E-state index contributed by atoms with van der Waals surface area (Å²) in [6, 6.07) is 10.5. The van der Waals surface area contributed by atoms with Crippen molar-refractivity contribution in [2.24, 2.45) is 0 Å². The van der Waals surface area contributed by atoms with E-state index in [1.54, 1.807) is 39.1 Å². The van der Waals surface area contributed by atoms with E-state index in [2.05, 4.69) is 35.4 Å². The Morgan fingerprint density at radius 2 is 1.91 bits per heavy atom. The van der Waals surface area contributed by atoms with Crippen molar-refractivity contribution in [1.82, 2.24) is 19.3 Å². The summed E-state index contributed by atoms with van der Waals surface area (Å²) in [5.41, 5.74) is 4.32. The van der Waals surface area contributed by atoms with E-state index in [-0.39, 0.29) is 11.9 Å². The third-order valence-electron chi connectivity index (χ3n) is 7.52. The fraction of sp³-hybridized carbons (Fsp3) is 0.455. The molecule has 12 heteroatoms. The fourth-order valence-electron chi connectivity index (χ4n) is 5.02. The Morgan fingerprint density at radius 3 is 2.62 bits per heavy atom. The first-order chi connectivity index (χ1) is 21.3. The maximum Gasteiger partial charge on any atom is 0.412 e. The molecule has 1 atom stereocenters. The summed E-state index contributed by atoms with van der Waals surface area (Å²) in [5, 5.41) is 11.1. The number of ether oxygens (including phenoxy) is 3. The number of aromatic nitrogens is 4. The van der Waals surface area contributed by atoms with Crippen LogP contribution in [0.5, 0.6) is 0 Å². The summed E-state index contributed by atoms with van der Waals surface area (Å²) in [5.74, 6) is -0.309. The highest BCUT2D eigenvalue weighted by molar-refractivity contribution is 6.76. The van der Waals surface area contributed by atoms with Gasteiger partial charge in [0.15, 0.2) is 0 Å². The molecule has 1 unspecified atom stereocenters. The Morgan fingerprint density at radius 1 is 1.11 bits per heavy atom. The number of nitrogens with zero attached hydrogens (tertiary/aromatic N) is 4.